The number of carboxylic acids is 1. The van der Waals surface area contributed by atoms with E-state index >= 15 is 0 Å². The van der Waals surface area contributed by atoms with Crippen molar-refractivity contribution >= 4 is 39.6 Å². The predicted octanol–water partition coefficient (Wildman–Crippen LogP) is 3.16. The summed E-state index contributed by atoms with van der Waals surface area (Å²) in [7, 11) is 0. The molecule has 0 aliphatic heterocycles. The molecule has 0 aromatic heterocycles. The van der Waals surface area contributed by atoms with Gasteiger partial charge in [-0.15, -0.1) is 0 Å². The molecule has 0 aliphatic rings. The highest BCUT2D eigenvalue weighted by atomic mass is 79.9. The van der Waals surface area contributed by atoms with Crippen molar-refractivity contribution in [3.8, 4) is 0 Å². The second-order valence-electron chi connectivity index (χ2n) is 2.35. The standard InChI is InChI=1S/C9H6BrClO2/c10-8(9(12)13)5-6-2-1-3-7(11)4-6/h1-5H,(H,12,13)/b8-5-. The van der Waals surface area contributed by atoms with Crippen LogP contribution in [-0.2, 0) is 4.79 Å². The van der Waals surface area contributed by atoms with Crippen molar-refractivity contribution in [2.75, 3.05) is 0 Å². The van der Waals surface area contributed by atoms with E-state index in [-0.39, 0.29) is 4.48 Å². The molecule has 0 radical (unpaired) electrons. The molecule has 2 nitrogen and oxygen atoms in total. The first-order chi connectivity index (χ1) is 6.09. The fraction of sp³-hybridized carbons (Fsp3) is 0. The lowest BCUT2D eigenvalue weighted by molar-refractivity contribution is -0.131. The minimum absolute atomic E-state index is 0.106. The van der Waals surface area contributed by atoms with Gasteiger partial charge in [0.15, 0.2) is 0 Å². The topological polar surface area (TPSA) is 37.3 Å². The summed E-state index contributed by atoms with van der Waals surface area (Å²) in [6.07, 6.45) is 1.49. The van der Waals surface area contributed by atoms with Crippen LogP contribution in [0, 0.1) is 0 Å². The van der Waals surface area contributed by atoms with Crippen LogP contribution in [0.4, 0.5) is 0 Å². The molecule has 0 aliphatic carbocycles. The van der Waals surface area contributed by atoms with Crippen molar-refractivity contribution in [3.63, 3.8) is 0 Å². The quantitative estimate of drug-likeness (QED) is 0.830. The van der Waals surface area contributed by atoms with E-state index in [1.165, 1.54) is 6.08 Å². The number of carboxylic acid groups (broad SMARTS) is 1. The van der Waals surface area contributed by atoms with Gasteiger partial charge in [-0.05, 0) is 39.7 Å². The van der Waals surface area contributed by atoms with Crippen molar-refractivity contribution < 1.29 is 9.90 Å². The molecule has 13 heavy (non-hydrogen) atoms. The van der Waals surface area contributed by atoms with Gasteiger partial charge in [-0.2, -0.15) is 0 Å². The van der Waals surface area contributed by atoms with Gasteiger partial charge in [-0.25, -0.2) is 4.79 Å². The first kappa shape index (κ1) is 10.3. The van der Waals surface area contributed by atoms with E-state index in [1.54, 1.807) is 24.3 Å². The smallest absolute Gasteiger partial charge is 0.342 e. The van der Waals surface area contributed by atoms with Gasteiger partial charge in [0.05, 0.1) is 0 Å². The number of hydrogen-bond donors (Lipinski definition) is 1. The average molecular weight is 262 g/mol. The van der Waals surface area contributed by atoms with E-state index in [0.29, 0.717) is 5.02 Å². The van der Waals surface area contributed by atoms with E-state index < -0.39 is 5.97 Å². The second kappa shape index (κ2) is 4.44. The van der Waals surface area contributed by atoms with E-state index in [9.17, 15) is 4.79 Å². The Bertz CT molecular complexity index is 360. The Hall–Kier alpha value is -0.800. The molecule has 1 aromatic carbocycles. The van der Waals surface area contributed by atoms with Crippen molar-refractivity contribution in [2.45, 2.75) is 0 Å². The molecule has 1 rings (SSSR count). The molecule has 1 aromatic rings. The molecule has 4 heteroatoms. The number of rotatable bonds is 2. The van der Waals surface area contributed by atoms with Crippen LogP contribution in [0.1, 0.15) is 5.56 Å². The molecule has 1 N–H and O–H groups in total. The zero-order valence-corrected chi connectivity index (χ0v) is 8.84. The van der Waals surface area contributed by atoms with Crippen LogP contribution in [0.2, 0.25) is 5.02 Å². The summed E-state index contributed by atoms with van der Waals surface area (Å²) in [4.78, 5) is 10.4. The number of hydrogen-bond acceptors (Lipinski definition) is 1. The third-order valence-electron chi connectivity index (χ3n) is 1.35. The summed E-state index contributed by atoms with van der Waals surface area (Å²) in [5.74, 6) is -1.00. The van der Waals surface area contributed by atoms with Crippen LogP contribution in [0.5, 0.6) is 0 Å². The third kappa shape index (κ3) is 3.20. The maximum absolute atomic E-state index is 10.4. The number of benzene rings is 1. The minimum Gasteiger partial charge on any atom is -0.477 e. The first-order valence-corrected chi connectivity index (χ1v) is 4.63. The van der Waals surface area contributed by atoms with Crippen LogP contribution in [0.25, 0.3) is 6.08 Å². The monoisotopic (exact) mass is 260 g/mol. The van der Waals surface area contributed by atoms with Crippen molar-refractivity contribution in [2.24, 2.45) is 0 Å². The molecular weight excluding hydrogens is 255 g/mol. The van der Waals surface area contributed by atoms with Gasteiger partial charge in [0.1, 0.15) is 4.48 Å². The molecular formula is C9H6BrClO2. The lowest BCUT2D eigenvalue weighted by atomic mass is 10.2. The summed E-state index contributed by atoms with van der Waals surface area (Å²) >= 11 is 8.64. The van der Waals surface area contributed by atoms with Gasteiger partial charge in [0.2, 0.25) is 0 Å². The zero-order chi connectivity index (χ0) is 9.84. The van der Waals surface area contributed by atoms with E-state index in [0.717, 1.165) is 5.56 Å². The Balaban J connectivity index is 2.97. The van der Waals surface area contributed by atoms with E-state index in [4.69, 9.17) is 16.7 Å². The fourth-order valence-electron chi connectivity index (χ4n) is 0.804. The molecule has 0 amide bonds. The molecule has 0 spiro atoms. The van der Waals surface area contributed by atoms with Crippen molar-refractivity contribution in [1.29, 1.82) is 0 Å². The van der Waals surface area contributed by atoms with Gasteiger partial charge >= 0.3 is 5.97 Å². The Morgan fingerprint density at radius 3 is 2.77 bits per heavy atom. The van der Waals surface area contributed by atoms with Crippen LogP contribution >= 0.6 is 27.5 Å². The van der Waals surface area contributed by atoms with Gasteiger partial charge < -0.3 is 5.11 Å². The molecule has 0 heterocycles. The highest BCUT2D eigenvalue weighted by molar-refractivity contribution is 9.12. The largest absolute Gasteiger partial charge is 0.477 e. The Morgan fingerprint density at radius 1 is 1.54 bits per heavy atom. The summed E-state index contributed by atoms with van der Waals surface area (Å²) in [6.45, 7) is 0. The number of aliphatic carboxylic acids is 1. The minimum atomic E-state index is -1.00. The van der Waals surface area contributed by atoms with Crippen LogP contribution in [-0.4, -0.2) is 11.1 Å². The lowest BCUT2D eigenvalue weighted by Crippen LogP contribution is -1.92. The van der Waals surface area contributed by atoms with Gasteiger partial charge in [0.25, 0.3) is 0 Å². The lowest BCUT2D eigenvalue weighted by Gasteiger charge is -1.94. The summed E-state index contributed by atoms with van der Waals surface area (Å²) in [5.41, 5.74) is 0.752. The molecule has 0 unspecified atom stereocenters. The molecule has 0 saturated heterocycles. The van der Waals surface area contributed by atoms with Crippen molar-refractivity contribution in [1.82, 2.24) is 0 Å². The highest BCUT2D eigenvalue weighted by Crippen LogP contribution is 2.16. The molecule has 68 valence electrons. The number of halogens is 2. The molecule has 0 bridgehead atoms. The third-order valence-corrected chi connectivity index (χ3v) is 2.15. The van der Waals surface area contributed by atoms with E-state index in [2.05, 4.69) is 15.9 Å². The average Bonchev–Trinajstić information content (AvgIpc) is 2.04. The van der Waals surface area contributed by atoms with E-state index in [1.807, 2.05) is 0 Å². The van der Waals surface area contributed by atoms with Crippen LogP contribution in [0.15, 0.2) is 28.7 Å². The maximum Gasteiger partial charge on any atom is 0.342 e. The number of carbonyl (C=O) groups is 1. The maximum atomic E-state index is 10.4. The summed E-state index contributed by atoms with van der Waals surface area (Å²) in [6, 6.07) is 6.95. The van der Waals surface area contributed by atoms with Crippen LogP contribution in [0.3, 0.4) is 0 Å². The fourth-order valence-corrected chi connectivity index (χ4v) is 1.27. The normalized spacial score (nSPS) is 11.4. The van der Waals surface area contributed by atoms with Crippen LogP contribution < -0.4 is 0 Å². The first-order valence-electron chi connectivity index (χ1n) is 3.45. The summed E-state index contributed by atoms with van der Waals surface area (Å²) < 4.78 is 0.106. The predicted molar refractivity (Wildman–Crippen MR) is 56.0 cm³/mol. The Labute approximate surface area is 89.0 Å². The highest BCUT2D eigenvalue weighted by Gasteiger charge is 2.01. The molecule has 0 fully saturated rings. The zero-order valence-electron chi connectivity index (χ0n) is 6.50. The molecule has 0 saturated carbocycles. The summed E-state index contributed by atoms with van der Waals surface area (Å²) in [5, 5.41) is 9.15. The SMILES string of the molecule is O=C(O)/C(Br)=C/c1cccc(Cl)c1. The van der Waals surface area contributed by atoms with Gasteiger partial charge in [-0.1, -0.05) is 23.7 Å². The Morgan fingerprint density at radius 2 is 2.23 bits per heavy atom. The molecule has 0 atom stereocenters. The van der Waals surface area contributed by atoms with Crippen molar-refractivity contribution in [3.05, 3.63) is 39.3 Å². The van der Waals surface area contributed by atoms with Gasteiger partial charge in [0, 0.05) is 5.02 Å². The Kier molecular flexibility index (Phi) is 3.51. The second-order valence-corrected chi connectivity index (χ2v) is 3.64. The van der Waals surface area contributed by atoms with Gasteiger partial charge in [-0.3, -0.25) is 0 Å².